The molecule has 2 rings (SSSR count). The molecule has 1 heterocycles. The van der Waals surface area contributed by atoms with Crippen LogP contribution in [0, 0.1) is 0 Å². The molecule has 0 aliphatic carbocycles. The summed E-state index contributed by atoms with van der Waals surface area (Å²) in [6.07, 6.45) is 2.71. The minimum Gasteiger partial charge on any atom is -0.486 e. The summed E-state index contributed by atoms with van der Waals surface area (Å²) >= 11 is 1.70. The van der Waals surface area contributed by atoms with Crippen molar-refractivity contribution in [3.8, 4) is 11.5 Å². The van der Waals surface area contributed by atoms with Gasteiger partial charge in [-0.3, -0.25) is 4.79 Å². The van der Waals surface area contributed by atoms with E-state index in [9.17, 15) is 4.79 Å². The minimum atomic E-state index is -0.431. The Morgan fingerprint density at radius 1 is 1.38 bits per heavy atom. The van der Waals surface area contributed by atoms with Gasteiger partial charge in [0, 0.05) is 13.6 Å². The van der Waals surface area contributed by atoms with Crippen LogP contribution < -0.4 is 15.2 Å². The second kappa shape index (κ2) is 7.56. The number of hydrogen-bond acceptors (Lipinski definition) is 5. The number of nitrogens with two attached hydrogens (primary N) is 1. The van der Waals surface area contributed by atoms with E-state index in [0.717, 1.165) is 22.8 Å². The maximum atomic E-state index is 12.2. The van der Waals surface area contributed by atoms with Gasteiger partial charge in [0.1, 0.15) is 13.2 Å². The largest absolute Gasteiger partial charge is 0.486 e. The molecular weight excluding hydrogens is 288 g/mol. The van der Waals surface area contributed by atoms with E-state index >= 15 is 0 Å². The van der Waals surface area contributed by atoms with Crippen molar-refractivity contribution in [1.82, 2.24) is 4.90 Å². The molecular formula is C15H22N2O3S. The highest BCUT2D eigenvalue weighted by Crippen LogP contribution is 2.31. The first-order valence-corrected chi connectivity index (χ1v) is 8.39. The maximum Gasteiger partial charge on any atom is 0.239 e. The molecule has 1 aliphatic rings. The normalized spacial score (nSPS) is 14.6. The zero-order valence-electron chi connectivity index (χ0n) is 12.5. The Hall–Kier alpha value is -1.40. The van der Waals surface area contributed by atoms with Crippen LogP contribution in [0.1, 0.15) is 12.0 Å². The second-order valence-corrected chi connectivity index (χ2v) is 6.05. The fraction of sp³-hybridized carbons (Fsp3) is 0.533. The number of nitrogens with zero attached hydrogens (tertiary/aromatic N) is 1. The average molecular weight is 310 g/mol. The zero-order valence-corrected chi connectivity index (χ0v) is 13.3. The van der Waals surface area contributed by atoms with Gasteiger partial charge in [-0.1, -0.05) is 6.07 Å². The summed E-state index contributed by atoms with van der Waals surface area (Å²) in [5.74, 6) is 2.37. The third kappa shape index (κ3) is 4.28. The molecule has 1 aliphatic heterocycles. The van der Waals surface area contributed by atoms with Crippen LogP contribution in [-0.4, -0.2) is 49.1 Å². The number of fused-ring (bicyclic) bond motifs is 1. The Kier molecular flexibility index (Phi) is 5.76. The average Bonchev–Trinajstić information content (AvgIpc) is 2.51. The highest BCUT2D eigenvalue weighted by atomic mass is 32.2. The Morgan fingerprint density at radius 3 is 2.81 bits per heavy atom. The molecule has 5 nitrogen and oxygen atoms in total. The van der Waals surface area contributed by atoms with Gasteiger partial charge in [-0.15, -0.1) is 0 Å². The van der Waals surface area contributed by atoms with Crippen LogP contribution in [0.2, 0.25) is 0 Å². The number of thioether (sulfide) groups is 1. The first-order valence-electron chi connectivity index (χ1n) is 7.00. The monoisotopic (exact) mass is 310 g/mol. The summed E-state index contributed by atoms with van der Waals surface area (Å²) in [5.41, 5.74) is 6.93. The van der Waals surface area contributed by atoms with E-state index in [1.165, 1.54) is 0 Å². The zero-order chi connectivity index (χ0) is 15.2. The first kappa shape index (κ1) is 16.0. The number of benzene rings is 1. The predicted molar refractivity (Wildman–Crippen MR) is 84.9 cm³/mol. The summed E-state index contributed by atoms with van der Waals surface area (Å²) < 4.78 is 11.0. The van der Waals surface area contributed by atoms with Gasteiger partial charge >= 0.3 is 0 Å². The van der Waals surface area contributed by atoms with Crippen molar-refractivity contribution in [3.63, 3.8) is 0 Å². The number of likely N-dealkylation sites (N-methyl/N-ethyl adjacent to an activating group) is 1. The predicted octanol–water partition coefficient (Wildman–Crippen LogP) is 1.50. The number of carbonyl (C=O) groups excluding carboxylic acids is 1. The second-order valence-electron chi connectivity index (χ2n) is 5.06. The molecule has 0 aromatic heterocycles. The number of amides is 1. The molecule has 0 spiro atoms. The van der Waals surface area contributed by atoms with Gasteiger partial charge in [0.25, 0.3) is 0 Å². The molecule has 116 valence electrons. The van der Waals surface area contributed by atoms with E-state index in [1.807, 2.05) is 24.5 Å². The molecule has 1 atom stereocenters. The van der Waals surface area contributed by atoms with E-state index in [1.54, 1.807) is 23.7 Å². The van der Waals surface area contributed by atoms with E-state index in [2.05, 4.69) is 0 Å². The summed E-state index contributed by atoms with van der Waals surface area (Å²) in [6, 6.07) is 5.33. The van der Waals surface area contributed by atoms with Crippen molar-refractivity contribution >= 4 is 17.7 Å². The maximum absolute atomic E-state index is 12.2. The summed E-state index contributed by atoms with van der Waals surface area (Å²) in [4.78, 5) is 13.8. The number of rotatable bonds is 6. The third-order valence-corrected chi connectivity index (χ3v) is 4.00. The van der Waals surface area contributed by atoms with E-state index in [4.69, 9.17) is 15.2 Å². The van der Waals surface area contributed by atoms with Crippen molar-refractivity contribution < 1.29 is 14.3 Å². The van der Waals surface area contributed by atoms with Crippen molar-refractivity contribution in [3.05, 3.63) is 23.8 Å². The molecule has 0 fully saturated rings. The lowest BCUT2D eigenvalue weighted by Gasteiger charge is -2.23. The van der Waals surface area contributed by atoms with Crippen LogP contribution in [-0.2, 0) is 11.3 Å². The van der Waals surface area contributed by atoms with Crippen LogP contribution in [0.25, 0.3) is 0 Å². The highest BCUT2D eigenvalue weighted by molar-refractivity contribution is 7.98. The molecule has 0 unspecified atom stereocenters. The Morgan fingerprint density at radius 2 is 2.10 bits per heavy atom. The Labute approximate surface area is 129 Å². The standard InChI is InChI=1S/C15H22N2O3S/c1-17(15(18)12(16)5-8-21-2)10-11-3-4-13-14(9-11)20-7-6-19-13/h3-4,9,12H,5-8,10,16H2,1-2H3/t12-/m1/s1. The highest BCUT2D eigenvalue weighted by Gasteiger charge is 2.19. The lowest BCUT2D eigenvalue weighted by atomic mass is 10.1. The lowest BCUT2D eigenvalue weighted by Crippen LogP contribution is -2.41. The number of carbonyl (C=O) groups is 1. The van der Waals surface area contributed by atoms with Crippen molar-refractivity contribution in [2.24, 2.45) is 5.73 Å². The number of ether oxygens (including phenoxy) is 2. The molecule has 0 saturated carbocycles. The van der Waals surface area contributed by atoms with Crippen LogP contribution in [0.4, 0.5) is 0 Å². The van der Waals surface area contributed by atoms with Gasteiger partial charge in [0.2, 0.25) is 5.91 Å². The van der Waals surface area contributed by atoms with E-state index < -0.39 is 6.04 Å². The molecule has 0 radical (unpaired) electrons. The SMILES string of the molecule is CSCC[C@@H](N)C(=O)N(C)Cc1ccc2c(c1)OCCO2. The van der Waals surface area contributed by atoms with Gasteiger partial charge in [0.15, 0.2) is 11.5 Å². The fourth-order valence-electron chi connectivity index (χ4n) is 2.19. The van der Waals surface area contributed by atoms with Crippen LogP contribution >= 0.6 is 11.8 Å². The Bertz CT molecular complexity index is 496. The van der Waals surface area contributed by atoms with Gasteiger partial charge in [-0.25, -0.2) is 0 Å². The van der Waals surface area contributed by atoms with Crippen LogP contribution in [0.15, 0.2) is 18.2 Å². The van der Waals surface area contributed by atoms with Crippen LogP contribution in [0.3, 0.4) is 0 Å². The summed E-state index contributed by atoms with van der Waals surface area (Å²) in [6.45, 7) is 1.66. The summed E-state index contributed by atoms with van der Waals surface area (Å²) in [7, 11) is 1.78. The van der Waals surface area contributed by atoms with Gasteiger partial charge < -0.3 is 20.1 Å². The molecule has 1 aromatic rings. The lowest BCUT2D eigenvalue weighted by molar-refractivity contribution is -0.131. The van der Waals surface area contributed by atoms with Crippen LogP contribution in [0.5, 0.6) is 11.5 Å². The minimum absolute atomic E-state index is 0.0288. The van der Waals surface area contributed by atoms with Gasteiger partial charge in [-0.05, 0) is 36.1 Å². The van der Waals surface area contributed by atoms with E-state index in [-0.39, 0.29) is 5.91 Å². The molecule has 1 aromatic carbocycles. The van der Waals surface area contributed by atoms with Crippen molar-refractivity contribution in [2.45, 2.75) is 19.0 Å². The molecule has 6 heteroatoms. The molecule has 21 heavy (non-hydrogen) atoms. The van der Waals surface area contributed by atoms with Crippen molar-refractivity contribution in [1.29, 1.82) is 0 Å². The fourth-order valence-corrected chi connectivity index (χ4v) is 2.68. The van der Waals surface area contributed by atoms with Gasteiger partial charge in [-0.2, -0.15) is 11.8 Å². The van der Waals surface area contributed by atoms with Crippen molar-refractivity contribution in [2.75, 3.05) is 32.3 Å². The summed E-state index contributed by atoms with van der Waals surface area (Å²) in [5, 5.41) is 0. The smallest absolute Gasteiger partial charge is 0.239 e. The molecule has 2 N–H and O–H groups in total. The molecule has 0 saturated heterocycles. The number of hydrogen-bond donors (Lipinski definition) is 1. The Balaban J connectivity index is 1.95. The quantitative estimate of drug-likeness (QED) is 0.862. The first-order chi connectivity index (χ1) is 10.1. The third-order valence-electron chi connectivity index (χ3n) is 3.35. The molecule has 1 amide bonds. The molecule has 0 bridgehead atoms. The van der Waals surface area contributed by atoms with Gasteiger partial charge in [0.05, 0.1) is 6.04 Å². The topological polar surface area (TPSA) is 64.8 Å². The van der Waals surface area contributed by atoms with E-state index in [0.29, 0.717) is 26.2 Å².